The van der Waals surface area contributed by atoms with Gasteiger partial charge in [0, 0.05) is 13.0 Å². The van der Waals surface area contributed by atoms with Gasteiger partial charge in [0.25, 0.3) is 0 Å². The van der Waals surface area contributed by atoms with E-state index in [4.69, 9.17) is 0 Å². The van der Waals surface area contributed by atoms with Crippen LogP contribution in [-0.2, 0) is 13.0 Å². The summed E-state index contributed by atoms with van der Waals surface area (Å²) in [6.45, 7) is 3.76. The predicted molar refractivity (Wildman–Crippen MR) is 80.8 cm³/mol. The van der Waals surface area contributed by atoms with E-state index in [1.54, 1.807) is 11.3 Å². The van der Waals surface area contributed by atoms with Gasteiger partial charge in [0.1, 0.15) is 15.8 Å². The zero-order chi connectivity index (χ0) is 13.9. The van der Waals surface area contributed by atoms with Crippen LogP contribution >= 0.6 is 11.3 Å². The topological polar surface area (TPSA) is 57.7 Å². The molecule has 104 valence electrons. The van der Waals surface area contributed by atoms with Crippen LogP contribution in [0.25, 0.3) is 11.0 Å². The number of likely N-dealkylation sites (N-methyl/N-ethyl adjacent to an activating group) is 1. The normalized spacial score (nSPS) is 11.6. The molecule has 1 aromatic carbocycles. The molecule has 3 aromatic rings. The smallest absolute Gasteiger partial charge is 0.131 e. The second kappa shape index (κ2) is 5.68. The Hall–Kier alpha value is -1.79. The number of imidazole rings is 1. The maximum absolute atomic E-state index is 4.59. The van der Waals surface area contributed by atoms with Gasteiger partial charge in [-0.05, 0) is 26.1 Å². The lowest BCUT2D eigenvalue weighted by Crippen LogP contribution is -2.21. The van der Waals surface area contributed by atoms with E-state index in [0.717, 1.165) is 46.4 Å². The van der Waals surface area contributed by atoms with E-state index in [-0.39, 0.29) is 0 Å². The van der Waals surface area contributed by atoms with Gasteiger partial charge in [-0.2, -0.15) is 0 Å². The second-order valence-corrected chi connectivity index (χ2v) is 6.17. The number of aromatic nitrogens is 4. The highest BCUT2D eigenvalue weighted by atomic mass is 32.1. The number of fused-ring (bicyclic) bond motifs is 1. The predicted octanol–water partition coefficient (Wildman–Crippen LogP) is 2.40. The highest BCUT2D eigenvalue weighted by Gasteiger charge is 2.07. The molecule has 0 aliphatic carbocycles. The summed E-state index contributed by atoms with van der Waals surface area (Å²) in [5.41, 5.74) is 2.13. The Balaban J connectivity index is 1.58. The van der Waals surface area contributed by atoms with E-state index in [2.05, 4.69) is 38.2 Å². The molecule has 2 aromatic heterocycles. The van der Waals surface area contributed by atoms with Crippen LogP contribution in [0, 0.1) is 6.92 Å². The van der Waals surface area contributed by atoms with Crippen molar-refractivity contribution in [2.24, 2.45) is 0 Å². The standard InChI is InChI=1S/C14H17N5S/c1-10-17-18-14(20-10)9-19(2)8-7-13-15-11-5-3-4-6-12(11)16-13/h3-6H,7-9H2,1-2H3,(H,15,16). The molecule has 0 saturated heterocycles. The Morgan fingerprint density at radius 3 is 2.85 bits per heavy atom. The number of rotatable bonds is 5. The zero-order valence-corrected chi connectivity index (χ0v) is 12.4. The first kappa shape index (κ1) is 13.2. The van der Waals surface area contributed by atoms with Gasteiger partial charge >= 0.3 is 0 Å². The van der Waals surface area contributed by atoms with E-state index in [1.807, 2.05) is 25.1 Å². The van der Waals surface area contributed by atoms with E-state index < -0.39 is 0 Å². The number of benzene rings is 1. The number of hydrogen-bond acceptors (Lipinski definition) is 5. The molecule has 0 radical (unpaired) electrons. The van der Waals surface area contributed by atoms with Crippen LogP contribution in [0.4, 0.5) is 0 Å². The molecule has 6 heteroatoms. The molecule has 1 N–H and O–H groups in total. The first-order chi connectivity index (χ1) is 9.70. The summed E-state index contributed by atoms with van der Waals surface area (Å²) < 4.78 is 0. The van der Waals surface area contributed by atoms with Crippen molar-refractivity contribution in [3.63, 3.8) is 0 Å². The van der Waals surface area contributed by atoms with Gasteiger partial charge in [0.2, 0.25) is 0 Å². The first-order valence-electron chi connectivity index (χ1n) is 6.62. The van der Waals surface area contributed by atoms with Crippen LogP contribution in [0.3, 0.4) is 0 Å². The van der Waals surface area contributed by atoms with Crippen LogP contribution in [0.15, 0.2) is 24.3 Å². The highest BCUT2D eigenvalue weighted by molar-refractivity contribution is 7.11. The summed E-state index contributed by atoms with van der Waals surface area (Å²) in [4.78, 5) is 10.2. The van der Waals surface area contributed by atoms with Crippen molar-refractivity contribution >= 4 is 22.4 Å². The highest BCUT2D eigenvalue weighted by Crippen LogP contribution is 2.12. The van der Waals surface area contributed by atoms with E-state index in [9.17, 15) is 0 Å². The van der Waals surface area contributed by atoms with Gasteiger partial charge in [-0.25, -0.2) is 4.98 Å². The second-order valence-electron chi connectivity index (χ2n) is 4.90. The molecule has 0 bridgehead atoms. The molecular weight excluding hydrogens is 270 g/mol. The fraction of sp³-hybridized carbons (Fsp3) is 0.357. The Bertz CT molecular complexity index is 669. The lowest BCUT2D eigenvalue weighted by molar-refractivity contribution is 0.327. The molecule has 0 saturated carbocycles. The lowest BCUT2D eigenvalue weighted by atomic mass is 10.3. The third-order valence-corrected chi connectivity index (χ3v) is 3.97. The summed E-state index contributed by atoms with van der Waals surface area (Å²) in [6.07, 6.45) is 0.906. The molecule has 3 rings (SSSR count). The van der Waals surface area contributed by atoms with Gasteiger partial charge in [0.15, 0.2) is 0 Å². The Morgan fingerprint density at radius 2 is 2.10 bits per heavy atom. The van der Waals surface area contributed by atoms with Crippen LogP contribution < -0.4 is 0 Å². The molecule has 0 amide bonds. The van der Waals surface area contributed by atoms with Crippen LogP contribution in [0.1, 0.15) is 15.8 Å². The van der Waals surface area contributed by atoms with Crippen LogP contribution in [0.2, 0.25) is 0 Å². The quantitative estimate of drug-likeness (QED) is 0.783. The minimum Gasteiger partial charge on any atom is -0.342 e. The van der Waals surface area contributed by atoms with E-state index in [0.29, 0.717) is 0 Å². The largest absolute Gasteiger partial charge is 0.342 e. The third-order valence-electron chi connectivity index (χ3n) is 3.14. The van der Waals surface area contributed by atoms with Crippen molar-refractivity contribution in [1.29, 1.82) is 0 Å². The molecule has 0 spiro atoms. The van der Waals surface area contributed by atoms with Crippen molar-refractivity contribution in [3.8, 4) is 0 Å². The van der Waals surface area contributed by atoms with Crippen molar-refractivity contribution in [2.45, 2.75) is 19.9 Å². The average molecular weight is 287 g/mol. The maximum Gasteiger partial charge on any atom is 0.131 e. The summed E-state index contributed by atoms with van der Waals surface area (Å²) >= 11 is 1.65. The van der Waals surface area contributed by atoms with Gasteiger partial charge < -0.3 is 4.98 Å². The van der Waals surface area contributed by atoms with Gasteiger partial charge in [-0.3, -0.25) is 4.90 Å². The lowest BCUT2D eigenvalue weighted by Gasteiger charge is -2.13. The van der Waals surface area contributed by atoms with Gasteiger partial charge in [-0.15, -0.1) is 21.5 Å². The van der Waals surface area contributed by atoms with Crippen molar-refractivity contribution in [3.05, 3.63) is 40.1 Å². The Morgan fingerprint density at radius 1 is 1.25 bits per heavy atom. The van der Waals surface area contributed by atoms with E-state index in [1.165, 1.54) is 0 Å². The Labute approximate surface area is 121 Å². The van der Waals surface area contributed by atoms with Crippen molar-refractivity contribution < 1.29 is 0 Å². The number of H-pyrrole nitrogens is 1. The molecule has 2 heterocycles. The summed E-state index contributed by atoms with van der Waals surface area (Å²) in [7, 11) is 2.10. The molecular formula is C14H17N5S. The Kier molecular flexibility index (Phi) is 3.75. The zero-order valence-electron chi connectivity index (χ0n) is 11.6. The SMILES string of the molecule is Cc1nnc(CN(C)CCc2nc3ccccc3[nH]2)s1. The maximum atomic E-state index is 4.59. The molecule has 0 atom stereocenters. The molecule has 5 nitrogen and oxygen atoms in total. The molecule has 0 fully saturated rings. The van der Waals surface area contributed by atoms with Crippen molar-refractivity contribution in [2.75, 3.05) is 13.6 Å². The summed E-state index contributed by atoms with van der Waals surface area (Å²) in [6, 6.07) is 8.12. The summed E-state index contributed by atoms with van der Waals surface area (Å²) in [5, 5.41) is 10.3. The number of para-hydroxylation sites is 2. The number of aryl methyl sites for hydroxylation is 1. The molecule has 0 aliphatic rings. The first-order valence-corrected chi connectivity index (χ1v) is 7.43. The number of aromatic amines is 1. The fourth-order valence-corrected chi connectivity index (χ4v) is 2.92. The minimum atomic E-state index is 0.839. The van der Waals surface area contributed by atoms with Gasteiger partial charge in [0.05, 0.1) is 17.6 Å². The van der Waals surface area contributed by atoms with Crippen LogP contribution in [-0.4, -0.2) is 38.7 Å². The molecule has 0 aliphatic heterocycles. The molecule has 20 heavy (non-hydrogen) atoms. The van der Waals surface area contributed by atoms with E-state index >= 15 is 0 Å². The van der Waals surface area contributed by atoms with Crippen LogP contribution in [0.5, 0.6) is 0 Å². The van der Waals surface area contributed by atoms with Crippen molar-refractivity contribution in [1.82, 2.24) is 25.1 Å². The average Bonchev–Trinajstić information content (AvgIpc) is 3.02. The number of nitrogens with zero attached hydrogens (tertiary/aromatic N) is 4. The van der Waals surface area contributed by atoms with Gasteiger partial charge in [-0.1, -0.05) is 12.1 Å². The number of nitrogens with one attached hydrogen (secondary N) is 1. The third kappa shape index (κ3) is 3.02. The fourth-order valence-electron chi connectivity index (χ4n) is 2.13. The molecule has 0 unspecified atom stereocenters. The number of hydrogen-bond donors (Lipinski definition) is 1. The monoisotopic (exact) mass is 287 g/mol. The summed E-state index contributed by atoms with van der Waals surface area (Å²) in [5.74, 6) is 1.03. The minimum absolute atomic E-state index is 0.839.